The number of nitrogens with zero attached hydrogens (tertiary/aromatic N) is 4. The van der Waals surface area contributed by atoms with Gasteiger partial charge < -0.3 is 30.8 Å². The minimum Gasteiger partial charge on any atom is -0.386 e. The predicted molar refractivity (Wildman–Crippen MR) is 196 cm³/mol. The third-order valence-electron chi connectivity index (χ3n) is 8.72. The van der Waals surface area contributed by atoms with E-state index in [-0.39, 0.29) is 24.7 Å². The Balaban J connectivity index is 1.02. The molecule has 0 bridgehead atoms. The highest BCUT2D eigenvalue weighted by atomic mass is 16.5. The summed E-state index contributed by atoms with van der Waals surface area (Å²) < 4.78 is 13.6. The number of amides is 4. The van der Waals surface area contributed by atoms with Crippen molar-refractivity contribution in [2.75, 3.05) is 42.8 Å². The summed E-state index contributed by atoms with van der Waals surface area (Å²) in [5.74, 6) is 0.761. The Kier molecular flexibility index (Phi) is 11.5. The van der Waals surface area contributed by atoms with Gasteiger partial charge in [0.05, 0.1) is 61.1 Å². The molecule has 0 spiro atoms. The van der Waals surface area contributed by atoms with Crippen molar-refractivity contribution in [3.63, 3.8) is 0 Å². The highest BCUT2D eigenvalue weighted by molar-refractivity contribution is 5.92. The maximum absolute atomic E-state index is 13.0. The van der Waals surface area contributed by atoms with Gasteiger partial charge in [0.2, 0.25) is 0 Å². The van der Waals surface area contributed by atoms with Gasteiger partial charge in [-0.2, -0.15) is 5.10 Å². The molecule has 6 rings (SSSR count). The van der Waals surface area contributed by atoms with Crippen LogP contribution in [0.4, 0.5) is 26.9 Å². The molecule has 4 amide bonds. The Bertz CT molecular complexity index is 1960. The van der Waals surface area contributed by atoms with Crippen LogP contribution < -0.4 is 26.6 Å². The average Bonchev–Trinajstić information content (AvgIpc) is 3.58. The molecule has 0 radical (unpaired) electrons. The van der Waals surface area contributed by atoms with Crippen molar-refractivity contribution in [2.24, 2.45) is 0 Å². The number of benzene rings is 2. The molecule has 4 heterocycles. The van der Waals surface area contributed by atoms with E-state index in [2.05, 4.69) is 41.7 Å². The fourth-order valence-electron chi connectivity index (χ4n) is 6.00. The molecule has 1 aliphatic rings. The first kappa shape index (κ1) is 35.0. The van der Waals surface area contributed by atoms with Crippen LogP contribution in [0.3, 0.4) is 0 Å². The number of urea groups is 2. The van der Waals surface area contributed by atoms with E-state index in [0.717, 1.165) is 53.6 Å². The molecule has 51 heavy (non-hydrogen) atoms. The van der Waals surface area contributed by atoms with Crippen molar-refractivity contribution < 1.29 is 19.1 Å². The third kappa shape index (κ3) is 9.04. The van der Waals surface area contributed by atoms with Crippen molar-refractivity contribution in [2.45, 2.75) is 44.5 Å². The van der Waals surface area contributed by atoms with E-state index in [1.807, 2.05) is 72.3 Å². The smallest absolute Gasteiger partial charge is 0.320 e. The summed E-state index contributed by atoms with van der Waals surface area (Å²) in [7, 11) is 1.74. The number of pyridine rings is 2. The second kappa shape index (κ2) is 16.7. The van der Waals surface area contributed by atoms with Crippen LogP contribution in [0.15, 0.2) is 85.3 Å². The van der Waals surface area contributed by atoms with Crippen LogP contribution in [-0.4, -0.2) is 64.9 Å². The fourth-order valence-corrected chi connectivity index (χ4v) is 6.00. The first-order valence-electron chi connectivity index (χ1n) is 16.9. The van der Waals surface area contributed by atoms with Crippen LogP contribution in [-0.2, 0) is 16.1 Å². The number of hydrogen-bond acceptors (Lipinski definition) is 9. The molecule has 0 aliphatic carbocycles. The molecule has 0 unspecified atom stereocenters. The van der Waals surface area contributed by atoms with Gasteiger partial charge in [-0.25, -0.2) is 19.6 Å². The molecule has 2 atom stereocenters. The number of carbonyl (C=O) groups excluding carboxylic acids is 2. The van der Waals surface area contributed by atoms with Crippen LogP contribution in [0.1, 0.15) is 60.1 Å². The molecular formula is C37H42N10O4. The van der Waals surface area contributed by atoms with Gasteiger partial charge in [-0.1, -0.05) is 54.6 Å². The number of aromatic nitrogens is 4. The van der Waals surface area contributed by atoms with E-state index >= 15 is 0 Å². The lowest BCUT2D eigenvalue weighted by atomic mass is 10.1. The first-order valence-corrected chi connectivity index (χ1v) is 16.9. The lowest BCUT2D eigenvalue weighted by molar-refractivity contribution is 0.0674. The average molecular weight is 691 g/mol. The molecule has 5 aromatic rings. The van der Waals surface area contributed by atoms with Gasteiger partial charge in [0.1, 0.15) is 11.6 Å². The summed E-state index contributed by atoms with van der Waals surface area (Å²) in [6.07, 6.45) is 8.13. The number of ether oxygens (including phenoxy) is 2. The Hall–Kier alpha value is -5.86. The van der Waals surface area contributed by atoms with E-state index in [1.165, 1.54) is 6.21 Å². The van der Waals surface area contributed by atoms with Gasteiger partial charge in [-0.15, -0.1) is 0 Å². The fraction of sp³-hybridized carbons (Fsp3) is 0.297. The standard InChI is InChI=1S/C37H42N10O4/c1-24(43-36(48)45-35-17-29-19-42-47(33(29)21-41-35)30-11-13-50-14-12-30)27-10-6-7-25(15-27)22-51-23-32(26-8-4-3-5-9-26)44-37(49)46-34-16-28(18-38)31(39-2)20-40-34/h3-10,15-21,24,30,32,38-39H,11-14,22-23H2,1-2H3,(H2,40,44,46,49)(H2,41,43,45,48)/t24-,32-/m1/s1. The van der Waals surface area contributed by atoms with Crippen LogP contribution in [0.2, 0.25) is 0 Å². The summed E-state index contributed by atoms with van der Waals surface area (Å²) in [6, 6.07) is 19.5. The van der Waals surface area contributed by atoms with E-state index in [1.54, 1.807) is 31.7 Å². The molecule has 264 valence electrons. The number of nitrogens with one attached hydrogen (secondary N) is 6. The molecule has 1 aliphatic heterocycles. The lowest BCUT2D eigenvalue weighted by Gasteiger charge is -2.23. The van der Waals surface area contributed by atoms with Crippen molar-refractivity contribution in [3.05, 3.63) is 108 Å². The second-order valence-corrected chi connectivity index (χ2v) is 12.3. The summed E-state index contributed by atoms with van der Waals surface area (Å²) in [4.78, 5) is 34.6. The van der Waals surface area contributed by atoms with Gasteiger partial charge in [0, 0.05) is 37.4 Å². The summed E-state index contributed by atoms with van der Waals surface area (Å²) >= 11 is 0. The molecule has 14 heteroatoms. The van der Waals surface area contributed by atoms with Gasteiger partial charge >= 0.3 is 12.1 Å². The third-order valence-corrected chi connectivity index (χ3v) is 8.72. The molecule has 14 nitrogen and oxygen atoms in total. The normalized spacial score (nSPS) is 14.3. The van der Waals surface area contributed by atoms with Gasteiger partial charge in [-0.05, 0) is 48.6 Å². The van der Waals surface area contributed by atoms with E-state index in [0.29, 0.717) is 29.5 Å². The first-order chi connectivity index (χ1) is 24.9. The highest BCUT2D eigenvalue weighted by Gasteiger charge is 2.20. The number of rotatable bonds is 13. The minimum atomic E-state index is -0.451. The topological polar surface area (TPSA) is 180 Å². The maximum atomic E-state index is 13.0. The molecule has 2 aromatic carbocycles. The zero-order chi connectivity index (χ0) is 35.6. The summed E-state index contributed by atoms with van der Waals surface area (Å²) in [6.45, 7) is 3.86. The van der Waals surface area contributed by atoms with Gasteiger partial charge in [0.15, 0.2) is 0 Å². The number of fused-ring (bicyclic) bond motifs is 1. The molecule has 1 fully saturated rings. The van der Waals surface area contributed by atoms with Crippen LogP contribution in [0.5, 0.6) is 0 Å². The summed E-state index contributed by atoms with van der Waals surface area (Å²) in [5.41, 5.74) is 4.92. The van der Waals surface area contributed by atoms with E-state index in [9.17, 15) is 9.59 Å². The maximum Gasteiger partial charge on any atom is 0.320 e. The SMILES string of the molecule is CNc1cnc(NC(=O)N[C@H](COCc2cccc([C@@H](C)NC(=O)Nc3cc4cnn(C5CCOCC5)c4cn3)c2)c2ccccc2)cc1C=N. The lowest BCUT2D eigenvalue weighted by Crippen LogP contribution is -2.35. The Morgan fingerprint density at radius 1 is 0.941 bits per heavy atom. The van der Waals surface area contributed by atoms with Crippen LogP contribution in [0, 0.1) is 5.41 Å². The number of carbonyl (C=O) groups is 2. The summed E-state index contributed by atoms with van der Waals surface area (Å²) in [5, 5.41) is 27.6. The van der Waals surface area contributed by atoms with Gasteiger partial charge in [-0.3, -0.25) is 15.3 Å². The Morgan fingerprint density at radius 2 is 1.67 bits per heavy atom. The number of hydrogen-bond donors (Lipinski definition) is 6. The highest BCUT2D eigenvalue weighted by Crippen LogP contribution is 2.26. The van der Waals surface area contributed by atoms with Crippen molar-refractivity contribution in [1.29, 1.82) is 5.41 Å². The zero-order valence-corrected chi connectivity index (χ0v) is 28.6. The van der Waals surface area contributed by atoms with Crippen LogP contribution in [0.25, 0.3) is 10.9 Å². The van der Waals surface area contributed by atoms with E-state index in [4.69, 9.17) is 14.9 Å². The molecule has 6 N–H and O–H groups in total. The minimum absolute atomic E-state index is 0.209. The largest absolute Gasteiger partial charge is 0.386 e. The molecular weight excluding hydrogens is 648 g/mol. The number of anilines is 3. The van der Waals surface area contributed by atoms with Crippen molar-refractivity contribution in [1.82, 2.24) is 30.4 Å². The van der Waals surface area contributed by atoms with Crippen molar-refractivity contribution in [3.8, 4) is 0 Å². The van der Waals surface area contributed by atoms with Gasteiger partial charge in [0.25, 0.3) is 0 Å². The molecule has 0 saturated carbocycles. The van der Waals surface area contributed by atoms with Crippen LogP contribution >= 0.6 is 0 Å². The molecule has 3 aromatic heterocycles. The van der Waals surface area contributed by atoms with Crippen molar-refractivity contribution >= 4 is 46.5 Å². The monoisotopic (exact) mass is 690 g/mol. The molecule has 1 saturated heterocycles. The quantitative estimate of drug-likeness (QED) is 0.0793. The van der Waals surface area contributed by atoms with E-state index < -0.39 is 12.1 Å². The Labute approximate surface area is 295 Å². The zero-order valence-electron chi connectivity index (χ0n) is 28.6. The second-order valence-electron chi connectivity index (χ2n) is 12.3. The Morgan fingerprint density at radius 3 is 2.43 bits per heavy atom. The predicted octanol–water partition coefficient (Wildman–Crippen LogP) is 6.18.